The molecule has 0 saturated heterocycles. The average molecular weight is 285 g/mol. The molecular formula is C16H13ClN2O. The molecule has 4 heteroatoms. The number of nitrogens with one attached hydrogen (secondary N) is 1. The number of nitrogens with zero attached hydrogens (tertiary/aromatic N) is 1. The molecule has 1 amide bonds. The summed E-state index contributed by atoms with van der Waals surface area (Å²) in [6.45, 7) is 0. The smallest absolute Gasteiger partial charge is 0.272 e. The van der Waals surface area contributed by atoms with Crippen LogP contribution < -0.4 is 5.32 Å². The first kappa shape index (κ1) is 12.8. The van der Waals surface area contributed by atoms with E-state index in [0.29, 0.717) is 10.7 Å². The van der Waals surface area contributed by atoms with Crippen LogP contribution in [0.1, 0.15) is 10.5 Å². The molecule has 1 heterocycles. The van der Waals surface area contributed by atoms with Crippen molar-refractivity contribution in [2.45, 2.75) is 0 Å². The number of para-hydroxylation sites is 1. The van der Waals surface area contributed by atoms with Gasteiger partial charge in [0.15, 0.2) is 0 Å². The molecule has 20 heavy (non-hydrogen) atoms. The predicted molar refractivity (Wildman–Crippen MR) is 82.3 cm³/mol. The van der Waals surface area contributed by atoms with Gasteiger partial charge in [0, 0.05) is 28.7 Å². The van der Waals surface area contributed by atoms with Gasteiger partial charge >= 0.3 is 0 Å². The summed E-state index contributed by atoms with van der Waals surface area (Å²) in [6.07, 6.45) is 0. The number of amides is 1. The first-order chi connectivity index (χ1) is 9.65. The molecule has 0 spiro atoms. The fourth-order valence-electron chi connectivity index (χ4n) is 2.24. The summed E-state index contributed by atoms with van der Waals surface area (Å²) in [5, 5.41) is 4.54. The van der Waals surface area contributed by atoms with Crippen molar-refractivity contribution >= 4 is 34.1 Å². The van der Waals surface area contributed by atoms with Crippen molar-refractivity contribution in [2.75, 3.05) is 5.32 Å². The predicted octanol–water partition coefficient (Wildman–Crippen LogP) is 4.08. The number of rotatable bonds is 2. The Hall–Kier alpha value is -2.26. The number of carbonyl (C=O) groups is 1. The Morgan fingerprint density at radius 3 is 2.60 bits per heavy atom. The van der Waals surface area contributed by atoms with Gasteiger partial charge in [-0.25, -0.2) is 0 Å². The number of halogens is 1. The molecule has 0 radical (unpaired) electrons. The quantitative estimate of drug-likeness (QED) is 0.756. The summed E-state index contributed by atoms with van der Waals surface area (Å²) in [6, 6.07) is 16.9. The topological polar surface area (TPSA) is 34.0 Å². The third kappa shape index (κ3) is 2.28. The zero-order valence-corrected chi connectivity index (χ0v) is 11.7. The van der Waals surface area contributed by atoms with Crippen LogP contribution in [0.2, 0.25) is 5.02 Å². The molecule has 0 saturated carbocycles. The fraction of sp³-hybridized carbons (Fsp3) is 0.0625. The van der Waals surface area contributed by atoms with Gasteiger partial charge in [-0.1, -0.05) is 35.9 Å². The van der Waals surface area contributed by atoms with Crippen LogP contribution in [0.5, 0.6) is 0 Å². The van der Waals surface area contributed by atoms with E-state index in [2.05, 4.69) is 5.32 Å². The molecule has 0 aliphatic carbocycles. The van der Waals surface area contributed by atoms with Gasteiger partial charge in [0.05, 0.1) is 0 Å². The Morgan fingerprint density at radius 1 is 1.10 bits per heavy atom. The van der Waals surface area contributed by atoms with E-state index in [0.717, 1.165) is 16.6 Å². The largest absolute Gasteiger partial charge is 0.340 e. The van der Waals surface area contributed by atoms with Gasteiger partial charge in [-0.05, 0) is 30.3 Å². The minimum absolute atomic E-state index is 0.133. The summed E-state index contributed by atoms with van der Waals surface area (Å²) < 4.78 is 1.85. The molecule has 1 N–H and O–H groups in total. The van der Waals surface area contributed by atoms with Gasteiger partial charge in [-0.2, -0.15) is 0 Å². The number of hydrogen-bond acceptors (Lipinski definition) is 1. The molecule has 3 rings (SSSR count). The van der Waals surface area contributed by atoms with E-state index in [1.165, 1.54) is 0 Å². The van der Waals surface area contributed by atoms with E-state index in [9.17, 15) is 4.79 Å². The summed E-state index contributed by atoms with van der Waals surface area (Å²) in [5.41, 5.74) is 2.32. The number of carbonyl (C=O) groups excluding carboxylic acids is 1. The molecule has 2 aromatic carbocycles. The highest BCUT2D eigenvalue weighted by atomic mass is 35.5. The number of hydrogen-bond donors (Lipinski definition) is 1. The highest BCUT2D eigenvalue weighted by Crippen LogP contribution is 2.23. The van der Waals surface area contributed by atoms with Crippen LogP contribution in [0, 0.1) is 0 Å². The van der Waals surface area contributed by atoms with Crippen molar-refractivity contribution in [2.24, 2.45) is 7.05 Å². The maximum Gasteiger partial charge on any atom is 0.272 e. The van der Waals surface area contributed by atoms with Crippen LogP contribution >= 0.6 is 11.6 Å². The lowest BCUT2D eigenvalue weighted by Crippen LogP contribution is -2.15. The summed E-state index contributed by atoms with van der Waals surface area (Å²) in [7, 11) is 1.86. The fourth-order valence-corrected chi connectivity index (χ4v) is 2.40. The van der Waals surface area contributed by atoms with E-state index in [4.69, 9.17) is 11.6 Å². The van der Waals surface area contributed by atoms with Crippen molar-refractivity contribution in [3.05, 3.63) is 65.3 Å². The number of benzene rings is 2. The number of fused-ring (bicyclic) bond motifs is 1. The lowest BCUT2D eigenvalue weighted by Gasteiger charge is -2.06. The molecule has 0 unspecified atom stereocenters. The number of aromatic nitrogens is 1. The summed E-state index contributed by atoms with van der Waals surface area (Å²) in [4.78, 5) is 12.3. The van der Waals surface area contributed by atoms with Crippen LogP contribution in [0.4, 0.5) is 5.69 Å². The second-order valence-electron chi connectivity index (χ2n) is 4.61. The Balaban J connectivity index is 1.98. The van der Waals surface area contributed by atoms with Gasteiger partial charge in [-0.15, -0.1) is 0 Å². The standard InChI is InChI=1S/C16H13ClN2O/c1-19-14-10-12(17)8-7-11(14)9-15(19)16(20)18-13-5-3-2-4-6-13/h2-10H,1H3,(H,18,20). The lowest BCUT2D eigenvalue weighted by atomic mass is 10.2. The zero-order valence-electron chi connectivity index (χ0n) is 10.9. The number of anilines is 1. The Bertz CT molecular complexity index is 778. The Morgan fingerprint density at radius 2 is 1.85 bits per heavy atom. The van der Waals surface area contributed by atoms with Crippen LogP contribution in [0.25, 0.3) is 10.9 Å². The Labute approximate surface area is 121 Å². The first-order valence-corrected chi connectivity index (χ1v) is 6.64. The Kier molecular flexibility index (Phi) is 3.20. The lowest BCUT2D eigenvalue weighted by molar-refractivity contribution is 0.102. The van der Waals surface area contributed by atoms with E-state index >= 15 is 0 Å². The maximum absolute atomic E-state index is 12.3. The number of aryl methyl sites for hydroxylation is 1. The molecule has 3 nitrogen and oxygen atoms in total. The third-order valence-corrected chi connectivity index (χ3v) is 3.51. The van der Waals surface area contributed by atoms with Gasteiger partial charge in [0.2, 0.25) is 0 Å². The molecule has 3 aromatic rings. The summed E-state index contributed by atoms with van der Waals surface area (Å²) >= 11 is 6.00. The van der Waals surface area contributed by atoms with Gasteiger partial charge < -0.3 is 9.88 Å². The normalized spacial score (nSPS) is 10.7. The van der Waals surface area contributed by atoms with Crippen molar-refractivity contribution < 1.29 is 4.79 Å². The molecular weight excluding hydrogens is 272 g/mol. The first-order valence-electron chi connectivity index (χ1n) is 6.26. The molecule has 0 bridgehead atoms. The molecule has 0 atom stereocenters. The molecule has 100 valence electrons. The maximum atomic E-state index is 12.3. The SMILES string of the molecule is Cn1c(C(=O)Nc2ccccc2)cc2ccc(Cl)cc21. The van der Waals surface area contributed by atoms with Crippen LogP contribution in [0.3, 0.4) is 0 Å². The average Bonchev–Trinajstić information content (AvgIpc) is 2.77. The van der Waals surface area contributed by atoms with Crippen LogP contribution in [-0.4, -0.2) is 10.5 Å². The van der Waals surface area contributed by atoms with Crippen molar-refractivity contribution in [3.8, 4) is 0 Å². The minimum Gasteiger partial charge on any atom is -0.340 e. The second kappa shape index (κ2) is 5.02. The highest BCUT2D eigenvalue weighted by molar-refractivity contribution is 6.31. The van der Waals surface area contributed by atoms with Crippen molar-refractivity contribution in [1.29, 1.82) is 0 Å². The van der Waals surface area contributed by atoms with Crippen molar-refractivity contribution in [1.82, 2.24) is 4.57 Å². The monoisotopic (exact) mass is 284 g/mol. The third-order valence-electron chi connectivity index (χ3n) is 3.27. The van der Waals surface area contributed by atoms with E-state index in [-0.39, 0.29) is 5.91 Å². The van der Waals surface area contributed by atoms with Gasteiger partial charge in [0.1, 0.15) is 5.69 Å². The van der Waals surface area contributed by atoms with Gasteiger partial charge in [0.25, 0.3) is 5.91 Å². The van der Waals surface area contributed by atoms with Crippen molar-refractivity contribution in [3.63, 3.8) is 0 Å². The van der Waals surface area contributed by atoms with E-state index in [1.54, 1.807) is 0 Å². The molecule has 0 fully saturated rings. The van der Waals surface area contributed by atoms with Crippen LogP contribution in [-0.2, 0) is 7.05 Å². The van der Waals surface area contributed by atoms with E-state index in [1.807, 2.05) is 66.2 Å². The van der Waals surface area contributed by atoms with Crippen LogP contribution in [0.15, 0.2) is 54.6 Å². The zero-order chi connectivity index (χ0) is 14.1. The minimum atomic E-state index is -0.133. The molecule has 0 aliphatic rings. The van der Waals surface area contributed by atoms with E-state index < -0.39 is 0 Å². The second-order valence-corrected chi connectivity index (χ2v) is 5.05. The highest BCUT2D eigenvalue weighted by Gasteiger charge is 2.13. The summed E-state index contributed by atoms with van der Waals surface area (Å²) in [5.74, 6) is -0.133. The molecule has 0 aliphatic heterocycles. The molecule has 1 aromatic heterocycles. The van der Waals surface area contributed by atoms with Gasteiger partial charge in [-0.3, -0.25) is 4.79 Å².